The summed E-state index contributed by atoms with van der Waals surface area (Å²) >= 11 is 11.9. The second-order valence-electron chi connectivity index (χ2n) is 6.35. The Morgan fingerprint density at radius 3 is 2.68 bits per heavy atom. The molecule has 1 aromatic carbocycles. The van der Waals surface area contributed by atoms with E-state index in [1.807, 2.05) is 17.0 Å². The molecule has 2 heterocycles. The molecule has 1 fully saturated rings. The van der Waals surface area contributed by atoms with Gasteiger partial charge in [-0.2, -0.15) is 0 Å². The van der Waals surface area contributed by atoms with E-state index in [1.54, 1.807) is 24.3 Å². The average molecular weight is 379 g/mol. The van der Waals surface area contributed by atoms with E-state index >= 15 is 0 Å². The fourth-order valence-corrected chi connectivity index (χ4v) is 3.06. The zero-order valence-corrected chi connectivity index (χ0v) is 15.6. The number of hydrogen-bond donors (Lipinski definition) is 0. The van der Waals surface area contributed by atoms with Crippen LogP contribution in [0.2, 0.25) is 10.0 Å². The lowest BCUT2D eigenvalue weighted by Crippen LogP contribution is -2.38. The first-order valence-electron chi connectivity index (χ1n) is 8.36. The Balaban J connectivity index is 1.64. The predicted octanol–water partition coefficient (Wildman–Crippen LogP) is 4.84. The highest BCUT2D eigenvalue weighted by Gasteiger charge is 2.22. The van der Waals surface area contributed by atoms with Crippen LogP contribution in [-0.2, 0) is 6.61 Å². The van der Waals surface area contributed by atoms with E-state index in [0.717, 1.165) is 25.9 Å². The average Bonchev–Trinajstić information content (AvgIpc) is 2.63. The summed E-state index contributed by atoms with van der Waals surface area (Å²) in [5.41, 5.74) is 1.16. The third kappa shape index (κ3) is 4.65. The molecule has 0 saturated carbocycles. The van der Waals surface area contributed by atoms with Crippen LogP contribution in [0.5, 0.6) is 5.75 Å². The molecule has 1 aliphatic heterocycles. The largest absolute Gasteiger partial charge is 0.487 e. The van der Waals surface area contributed by atoms with Crippen molar-refractivity contribution in [1.29, 1.82) is 0 Å². The van der Waals surface area contributed by atoms with Gasteiger partial charge in [-0.3, -0.25) is 4.79 Å². The lowest BCUT2D eigenvalue weighted by molar-refractivity contribution is 0.0690. The summed E-state index contributed by atoms with van der Waals surface area (Å²) in [5, 5.41) is 0.922. The number of carbonyl (C=O) groups excluding carboxylic acids is 1. The second kappa shape index (κ2) is 8.07. The van der Waals surface area contributed by atoms with Gasteiger partial charge >= 0.3 is 0 Å². The Morgan fingerprint density at radius 2 is 1.96 bits per heavy atom. The molecule has 6 heteroatoms. The number of rotatable bonds is 4. The van der Waals surface area contributed by atoms with Crippen molar-refractivity contribution < 1.29 is 9.53 Å². The molecule has 2 aromatic rings. The smallest absolute Gasteiger partial charge is 0.272 e. The molecular formula is C19H20Cl2N2O2. The molecule has 1 aliphatic rings. The van der Waals surface area contributed by atoms with Crippen molar-refractivity contribution in [3.05, 3.63) is 57.8 Å². The van der Waals surface area contributed by atoms with E-state index in [9.17, 15) is 4.79 Å². The van der Waals surface area contributed by atoms with Crippen LogP contribution < -0.4 is 4.74 Å². The van der Waals surface area contributed by atoms with Crippen molar-refractivity contribution >= 4 is 29.1 Å². The number of benzene rings is 1. The number of likely N-dealkylation sites (tertiary alicyclic amines) is 1. The molecule has 0 unspecified atom stereocenters. The van der Waals surface area contributed by atoms with Gasteiger partial charge in [0.05, 0.1) is 15.7 Å². The molecule has 1 amide bonds. The van der Waals surface area contributed by atoms with Crippen molar-refractivity contribution in [2.75, 3.05) is 13.1 Å². The number of carbonyl (C=O) groups is 1. The molecule has 25 heavy (non-hydrogen) atoms. The lowest BCUT2D eigenvalue weighted by atomic mass is 9.99. The minimum Gasteiger partial charge on any atom is -0.487 e. The molecule has 3 rings (SSSR count). The van der Waals surface area contributed by atoms with Crippen molar-refractivity contribution in [2.45, 2.75) is 26.4 Å². The van der Waals surface area contributed by atoms with Gasteiger partial charge in [-0.05, 0) is 43.0 Å². The zero-order chi connectivity index (χ0) is 17.8. The van der Waals surface area contributed by atoms with Gasteiger partial charge in [0.25, 0.3) is 5.91 Å². The number of pyridine rings is 1. The summed E-state index contributed by atoms with van der Waals surface area (Å²) in [4.78, 5) is 18.9. The van der Waals surface area contributed by atoms with E-state index in [4.69, 9.17) is 27.9 Å². The maximum absolute atomic E-state index is 12.6. The van der Waals surface area contributed by atoms with Crippen molar-refractivity contribution in [1.82, 2.24) is 9.88 Å². The van der Waals surface area contributed by atoms with E-state index in [2.05, 4.69) is 11.9 Å². The van der Waals surface area contributed by atoms with Crippen LogP contribution in [0, 0.1) is 5.92 Å². The number of piperidine rings is 1. The molecule has 0 aliphatic carbocycles. The zero-order valence-electron chi connectivity index (χ0n) is 14.0. The standard InChI is InChI=1S/C19H20Cl2N2O2/c1-13-7-9-23(10-8-13)19(24)18-4-2-3-14(22-18)12-25-15-5-6-16(20)17(21)11-15/h2-6,11,13H,7-10,12H2,1H3. The molecule has 0 radical (unpaired) electrons. The summed E-state index contributed by atoms with van der Waals surface area (Å²) in [5.74, 6) is 1.28. The molecule has 132 valence electrons. The topological polar surface area (TPSA) is 42.4 Å². The Morgan fingerprint density at radius 1 is 1.20 bits per heavy atom. The Kier molecular flexibility index (Phi) is 5.82. The SMILES string of the molecule is CC1CCN(C(=O)c2cccc(COc3ccc(Cl)c(Cl)c3)n2)CC1. The highest BCUT2D eigenvalue weighted by atomic mass is 35.5. The van der Waals surface area contributed by atoms with Crippen LogP contribution in [0.15, 0.2) is 36.4 Å². The van der Waals surface area contributed by atoms with Crippen molar-refractivity contribution in [2.24, 2.45) is 5.92 Å². The summed E-state index contributed by atoms with van der Waals surface area (Å²) in [6.07, 6.45) is 2.09. The van der Waals surface area contributed by atoms with Crippen LogP contribution in [0.25, 0.3) is 0 Å². The normalized spacial score (nSPS) is 15.2. The Hall–Kier alpha value is -1.78. The number of aromatic nitrogens is 1. The van der Waals surface area contributed by atoms with Gasteiger partial charge < -0.3 is 9.64 Å². The second-order valence-corrected chi connectivity index (χ2v) is 7.17. The van der Waals surface area contributed by atoms with Gasteiger partial charge in [0.15, 0.2) is 0 Å². The van der Waals surface area contributed by atoms with E-state index < -0.39 is 0 Å². The molecule has 0 atom stereocenters. The summed E-state index contributed by atoms with van der Waals surface area (Å²) < 4.78 is 5.69. The fourth-order valence-electron chi connectivity index (χ4n) is 2.78. The molecule has 0 N–H and O–H groups in total. The first kappa shape index (κ1) is 18.0. The lowest BCUT2D eigenvalue weighted by Gasteiger charge is -2.30. The molecule has 4 nitrogen and oxygen atoms in total. The fraction of sp³-hybridized carbons (Fsp3) is 0.368. The summed E-state index contributed by atoms with van der Waals surface area (Å²) in [7, 11) is 0. The van der Waals surface area contributed by atoms with E-state index in [1.165, 1.54) is 0 Å². The van der Waals surface area contributed by atoms with Crippen molar-refractivity contribution in [3.63, 3.8) is 0 Å². The predicted molar refractivity (Wildman–Crippen MR) is 99.3 cm³/mol. The number of ether oxygens (including phenoxy) is 1. The van der Waals surface area contributed by atoms with Gasteiger partial charge in [0.1, 0.15) is 18.1 Å². The van der Waals surface area contributed by atoms with Gasteiger partial charge in [-0.25, -0.2) is 4.98 Å². The molecule has 0 spiro atoms. The van der Waals surface area contributed by atoms with Crippen LogP contribution in [0.4, 0.5) is 0 Å². The maximum atomic E-state index is 12.6. The van der Waals surface area contributed by atoms with Crippen LogP contribution in [0.3, 0.4) is 0 Å². The van der Waals surface area contributed by atoms with Crippen LogP contribution in [0.1, 0.15) is 35.9 Å². The van der Waals surface area contributed by atoms with Crippen LogP contribution in [-0.4, -0.2) is 28.9 Å². The summed E-state index contributed by atoms with van der Waals surface area (Å²) in [6, 6.07) is 10.5. The van der Waals surface area contributed by atoms with Crippen LogP contribution >= 0.6 is 23.2 Å². The van der Waals surface area contributed by atoms with Gasteiger partial charge in [0, 0.05) is 19.2 Å². The number of halogens is 2. The highest BCUT2D eigenvalue weighted by molar-refractivity contribution is 6.42. The highest BCUT2D eigenvalue weighted by Crippen LogP contribution is 2.26. The monoisotopic (exact) mass is 378 g/mol. The Bertz CT molecular complexity index is 759. The first-order chi connectivity index (χ1) is 12.0. The minimum absolute atomic E-state index is 0.0108. The number of amides is 1. The van der Waals surface area contributed by atoms with Gasteiger partial charge in [-0.15, -0.1) is 0 Å². The maximum Gasteiger partial charge on any atom is 0.272 e. The van der Waals surface area contributed by atoms with Gasteiger partial charge in [-0.1, -0.05) is 36.2 Å². The third-order valence-electron chi connectivity index (χ3n) is 4.37. The summed E-state index contributed by atoms with van der Waals surface area (Å²) in [6.45, 7) is 4.08. The minimum atomic E-state index is -0.0108. The van der Waals surface area contributed by atoms with E-state index in [-0.39, 0.29) is 12.5 Å². The molecule has 1 saturated heterocycles. The number of nitrogens with zero attached hydrogens (tertiary/aromatic N) is 2. The molecule has 0 bridgehead atoms. The molecule has 1 aromatic heterocycles. The van der Waals surface area contributed by atoms with Crippen molar-refractivity contribution in [3.8, 4) is 5.75 Å². The van der Waals surface area contributed by atoms with Gasteiger partial charge in [0.2, 0.25) is 0 Å². The van der Waals surface area contributed by atoms with E-state index in [0.29, 0.717) is 33.1 Å². The third-order valence-corrected chi connectivity index (χ3v) is 5.11. The first-order valence-corrected chi connectivity index (χ1v) is 9.11. The number of hydrogen-bond acceptors (Lipinski definition) is 3. The quantitative estimate of drug-likeness (QED) is 0.764. The Labute approximate surface area is 157 Å². The molecular weight excluding hydrogens is 359 g/mol.